The van der Waals surface area contributed by atoms with Gasteiger partial charge in [0.2, 0.25) is 0 Å². The smallest absolute Gasteiger partial charge is 0.123 e. The molecule has 0 radical (unpaired) electrons. The Labute approximate surface area is 99.5 Å². The Hall–Kier alpha value is -2.01. The fourth-order valence-electron chi connectivity index (χ4n) is 1.57. The van der Waals surface area contributed by atoms with Crippen molar-refractivity contribution in [2.24, 2.45) is 5.73 Å². The van der Waals surface area contributed by atoms with E-state index in [1.54, 1.807) is 14.2 Å². The summed E-state index contributed by atoms with van der Waals surface area (Å²) in [6.45, 7) is 0.439. The highest BCUT2D eigenvalue weighted by Crippen LogP contribution is 2.28. The summed E-state index contributed by atoms with van der Waals surface area (Å²) in [4.78, 5) is 0. The molecule has 0 aliphatic rings. The molecule has 17 heavy (non-hydrogen) atoms. The summed E-state index contributed by atoms with van der Waals surface area (Å²) in [5, 5.41) is 7.06. The lowest BCUT2D eigenvalue weighted by molar-refractivity contribution is 0.394. The number of aromatic amines is 1. The predicted octanol–water partition coefficient (Wildman–Crippen LogP) is 1.55. The fraction of sp³-hybridized carbons (Fsp3) is 0.250. The van der Waals surface area contributed by atoms with E-state index in [0.717, 1.165) is 28.5 Å². The first kappa shape index (κ1) is 11.5. The van der Waals surface area contributed by atoms with Crippen LogP contribution in [-0.2, 0) is 6.54 Å². The molecule has 1 heterocycles. The second-order valence-electron chi connectivity index (χ2n) is 3.58. The molecule has 0 bridgehead atoms. The Morgan fingerprint density at radius 3 is 2.24 bits per heavy atom. The van der Waals surface area contributed by atoms with Crippen molar-refractivity contribution in [1.82, 2.24) is 10.2 Å². The van der Waals surface area contributed by atoms with Gasteiger partial charge in [0.1, 0.15) is 11.5 Å². The maximum Gasteiger partial charge on any atom is 0.123 e. The zero-order chi connectivity index (χ0) is 12.3. The summed E-state index contributed by atoms with van der Waals surface area (Å²) in [5.74, 6) is 1.47. The maximum absolute atomic E-state index is 5.53. The lowest BCUT2D eigenvalue weighted by atomic mass is 10.1. The monoisotopic (exact) mass is 233 g/mol. The highest BCUT2D eigenvalue weighted by Gasteiger charge is 2.07. The average molecular weight is 233 g/mol. The summed E-state index contributed by atoms with van der Waals surface area (Å²) in [5.41, 5.74) is 8.17. The minimum Gasteiger partial charge on any atom is -0.497 e. The second kappa shape index (κ2) is 4.88. The number of rotatable bonds is 4. The highest BCUT2D eigenvalue weighted by molar-refractivity contribution is 5.64. The number of nitrogens with zero attached hydrogens (tertiary/aromatic N) is 1. The number of nitrogens with two attached hydrogens (primary N) is 1. The van der Waals surface area contributed by atoms with Crippen molar-refractivity contribution in [2.45, 2.75) is 6.54 Å². The van der Waals surface area contributed by atoms with Gasteiger partial charge < -0.3 is 15.2 Å². The lowest BCUT2D eigenvalue weighted by Crippen LogP contribution is -1.95. The predicted molar refractivity (Wildman–Crippen MR) is 65.0 cm³/mol. The molecule has 90 valence electrons. The van der Waals surface area contributed by atoms with Gasteiger partial charge in [-0.2, -0.15) is 5.10 Å². The van der Waals surface area contributed by atoms with Crippen LogP contribution in [0.1, 0.15) is 5.69 Å². The van der Waals surface area contributed by atoms with Crippen LogP contribution in [0.15, 0.2) is 24.3 Å². The Bertz CT molecular complexity index is 486. The molecule has 0 fully saturated rings. The fourth-order valence-corrected chi connectivity index (χ4v) is 1.57. The number of methoxy groups -OCH3 is 2. The standard InChI is InChI=1S/C12H15N3O2/c1-16-10-3-8(4-11(6-10)17-2)12-5-9(7-13)14-15-12/h3-6H,7,13H2,1-2H3,(H,14,15). The first-order valence-electron chi connectivity index (χ1n) is 5.24. The maximum atomic E-state index is 5.53. The number of hydrogen-bond acceptors (Lipinski definition) is 4. The summed E-state index contributed by atoms with van der Waals surface area (Å²) in [6, 6.07) is 7.53. The zero-order valence-electron chi connectivity index (χ0n) is 9.86. The van der Waals surface area contributed by atoms with Gasteiger partial charge in [-0.25, -0.2) is 0 Å². The van der Waals surface area contributed by atoms with Gasteiger partial charge >= 0.3 is 0 Å². The second-order valence-corrected chi connectivity index (χ2v) is 3.58. The minimum absolute atomic E-state index is 0.439. The lowest BCUT2D eigenvalue weighted by Gasteiger charge is -2.06. The molecule has 0 aliphatic heterocycles. The van der Waals surface area contributed by atoms with Crippen molar-refractivity contribution >= 4 is 0 Å². The van der Waals surface area contributed by atoms with E-state index >= 15 is 0 Å². The van der Waals surface area contributed by atoms with Crippen LogP contribution in [0.25, 0.3) is 11.3 Å². The van der Waals surface area contributed by atoms with E-state index in [1.165, 1.54) is 0 Å². The van der Waals surface area contributed by atoms with Crippen molar-refractivity contribution in [3.05, 3.63) is 30.0 Å². The quantitative estimate of drug-likeness (QED) is 0.840. The van der Waals surface area contributed by atoms with Gasteiger partial charge in [-0.3, -0.25) is 5.10 Å². The van der Waals surface area contributed by atoms with Gasteiger partial charge in [-0.15, -0.1) is 0 Å². The third-order valence-corrected chi connectivity index (χ3v) is 2.50. The number of aromatic nitrogens is 2. The summed E-state index contributed by atoms with van der Waals surface area (Å²) in [7, 11) is 3.24. The van der Waals surface area contributed by atoms with E-state index in [2.05, 4.69) is 10.2 Å². The van der Waals surface area contributed by atoms with Gasteiger partial charge in [-0.1, -0.05) is 0 Å². The first-order valence-corrected chi connectivity index (χ1v) is 5.24. The Morgan fingerprint density at radius 1 is 1.12 bits per heavy atom. The molecule has 1 aromatic carbocycles. The molecule has 0 spiro atoms. The zero-order valence-corrected chi connectivity index (χ0v) is 9.86. The van der Waals surface area contributed by atoms with Crippen LogP contribution >= 0.6 is 0 Å². The van der Waals surface area contributed by atoms with Crippen LogP contribution < -0.4 is 15.2 Å². The molecule has 0 atom stereocenters. The van der Waals surface area contributed by atoms with Crippen LogP contribution in [0.2, 0.25) is 0 Å². The van der Waals surface area contributed by atoms with E-state index in [0.29, 0.717) is 6.54 Å². The van der Waals surface area contributed by atoms with E-state index < -0.39 is 0 Å². The molecular weight excluding hydrogens is 218 g/mol. The average Bonchev–Trinajstić information content (AvgIpc) is 2.86. The summed E-state index contributed by atoms with van der Waals surface area (Å²) in [6.07, 6.45) is 0. The van der Waals surface area contributed by atoms with Crippen LogP contribution in [0.3, 0.4) is 0 Å². The molecule has 0 amide bonds. The molecule has 0 unspecified atom stereocenters. The van der Waals surface area contributed by atoms with Crippen molar-refractivity contribution in [3.8, 4) is 22.8 Å². The molecule has 0 saturated heterocycles. The van der Waals surface area contributed by atoms with Crippen LogP contribution in [-0.4, -0.2) is 24.4 Å². The first-order chi connectivity index (χ1) is 8.26. The van der Waals surface area contributed by atoms with Crippen molar-refractivity contribution in [1.29, 1.82) is 0 Å². The molecule has 0 saturated carbocycles. The number of ether oxygens (including phenoxy) is 2. The third-order valence-electron chi connectivity index (χ3n) is 2.50. The van der Waals surface area contributed by atoms with Crippen LogP contribution in [0.4, 0.5) is 0 Å². The number of nitrogens with one attached hydrogen (secondary N) is 1. The third kappa shape index (κ3) is 2.39. The van der Waals surface area contributed by atoms with E-state index in [-0.39, 0.29) is 0 Å². The molecule has 5 nitrogen and oxygen atoms in total. The molecule has 5 heteroatoms. The molecular formula is C12H15N3O2. The van der Waals surface area contributed by atoms with E-state index in [4.69, 9.17) is 15.2 Å². The Balaban J connectivity index is 2.43. The van der Waals surface area contributed by atoms with Gasteiger partial charge in [0.05, 0.1) is 19.9 Å². The molecule has 1 aromatic heterocycles. The normalized spacial score (nSPS) is 10.3. The molecule has 2 rings (SSSR count). The van der Waals surface area contributed by atoms with Crippen molar-refractivity contribution in [2.75, 3.05) is 14.2 Å². The molecule has 0 aliphatic carbocycles. The van der Waals surface area contributed by atoms with Crippen LogP contribution in [0, 0.1) is 0 Å². The minimum atomic E-state index is 0.439. The largest absolute Gasteiger partial charge is 0.497 e. The number of hydrogen-bond donors (Lipinski definition) is 2. The highest BCUT2D eigenvalue weighted by atomic mass is 16.5. The molecule has 3 N–H and O–H groups in total. The van der Waals surface area contributed by atoms with E-state index in [9.17, 15) is 0 Å². The van der Waals surface area contributed by atoms with Gasteiger partial charge in [0.25, 0.3) is 0 Å². The number of benzene rings is 1. The number of H-pyrrole nitrogens is 1. The van der Waals surface area contributed by atoms with Crippen LogP contribution in [0.5, 0.6) is 11.5 Å². The van der Waals surface area contributed by atoms with Gasteiger partial charge in [0, 0.05) is 23.9 Å². The van der Waals surface area contributed by atoms with Gasteiger partial charge in [-0.05, 0) is 18.2 Å². The van der Waals surface area contributed by atoms with Gasteiger partial charge in [0.15, 0.2) is 0 Å². The SMILES string of the molecule is COc1cc(OC)cc(-c2cc(CN)[nH]n2)c1. The molecule has 2 aromatic rings. The van der Waals surface area contributed by atoms with E-state index in [1.807, 2.05) is 24.3 Å². The topological polar surface area (TPSA) is 73.2 Å². The van der Waals surface area contributed by atoms with Crippen molar-refractivity contribution in [3.63, 3.8) is 0 Å². The Kier molecular flexibility index (Phi) is 3.30. The Morgan fingerprint density at radius 2 is 1.76 bits per heavy atom. The summed E-state index contributed by atoms with van der Waals surface area (Å²) < 4.78 is 10.4. The summed E-state index contributed by atoms with van der Waals surface area (Å²) >= 11 is 0. The van der Waals surface area contributed by atoms with Crippen molar-refractivity contribution < 1.29 is 9.47 Å².